The van der Waals surface area contributed by atoms with Crippen LogP contribution in [0, 0.1) is 0 Å². The first-order valence-corrected chi connectivity index (χ1v) is 13.6. The van der Waals surface area contributed by atoms with Gasteiger partial charge in [-0.3, -0.25) is 4.79 Å². The zero-order valence-electron chi connectivity index (χ0n) is 18.4. The molecule has 3 aliphatic rings. The van der Waals surface area contributed by atoms with Gasteiger partial charge in [-0.2, -0.15) is 0 Å². The molecule has 0 aliphatic carbocycles. The van der Waals surface area contributed by atoms with Gasteiger partial charge in [-0.1, -0.05) is 23.2 Å². The molecule has 3 heterocycles. The van der Waals surface area contributed by atoms with E-state index in [0.29, 0.717) is 61.5 Å². The van der Waals surface area contributed by atoms with E-state index in [4.69, 9.17) is 27.9 Å². The molecule has 0 radical (unpaired) electrons. The highest BCUT2D eigenvalue weighted by atomic mass is 35.5. The Morgan fingerprint density at radius 2 is 1.91 bits per heavy atom. The lowest BCUT2D eigenvalue weighted by Gasteiger charge is -2.50. The zero-order valence-corrected chi connectivity index (χ0v) is 20.7. The minimum absolute atomic E-state index is 0.0995. The quantitative estimate of drug-likeness (QED) is 0.653. The fourth-order valence-electron chi connectivity index (χ4n) is 4.59. The van der Waals surface area contributed by atoms with Gasteiger partial charge in [-0.25, -0.2) is 13.2 Å². The molecular formula is C21H28Cl2N4O5S. The number of piperazine rings is 1. The molecule has 3 saturated heterocycles. The monoisotopic (exact) mass is 518 g/mol. The number of hydrogen-bond acceptors (Lipinski definition) is 6. The molecule has 0 spiro atoms. The average molecular weight is 519 g/mol. The lowest BCUT2D eigenvalue weighted by Crippen LogP contribution is -2.68. The average Bonchev–Trinajstić information content (AvgIpc) is 2.77. The molecule has 33 heavy (non-hydrogen) atoms. The van der Waals surface area contributed by atoms with E-state index in [2.05, 4.69) is 10.2 Å². The van der Waals surface area contributed by atoms with E-state index in [1.165, 1.54) is 4.90 Å². The number of fused-ring (bicyclic) bond motifs is 1. The van der Waals surface area contributed by atoms with Gasteiger partial charge in [0, 0.05) is 31.9 Å². The molecule has 9 nitrogen and oxygen atoms in total. The van der Waals surface area contributed by atoms with E-state index < -0.39 is 15.9 Å². The number of sulfone groups is 1. The highest BCUT2D eigenvalue weighted by molar-refractivity contribution is 7.91. The summed E-state index contributed by atoms with van der Waals surface area (Å²) in [5, 5.41) is 3.51. The maximum Gasteiger partial charge on any atom is 0.322 e. The van der Waals surface area contributed by atoms with E-state index in [1.807, 2.05) is 4.90 Å². The topological polar surface area (TPSA) is 99.3 Å². The molecule has 182 valence electrons. The fraction of sp³-hybridized carbons (Fsp3) is 0.619. The van der Waals surface area contributed by atoms with Crippen LogP contribution in [0.4, 0.5) is 10.5 Å². The van der Waals surface area contributed by atoms with Gasteiger partial charge in [0.05, 0.1) is 46.8 Å². The molecule has 12 heteroatoms. The van der Waals surface area contributed by atoms with Crippen LogP contribution in [0.15, 0.2) is 18.2 Å². The molecule has 3 atom stereocenters. The maximum absolute atomic E-state index is 13.3. The first-order chi connectivity index (χ1) is 15.6. The predicted molar refractivity (Wildman–Crippen MR) is 127 cm³/mol. The van der Waals surface area contributed by atoms with E-state index in [0.717, 1.165) is 0 Å². The van der Waals surface area contributed by atoms with Crippen molar-refractivity contribution < 1.29 is 22.7 Å². The van der Waals surface area contributed by atoms with Crippen molar-refractivity contribution in [1.82, 2.24) is 14.7 Å². The summed E-state index contributed by atoms with van der Waals surface area (Å²) in [7, 11) is -2.92. The lowest BCUT2D eigenvalue weighted by atomic mass is 10.0. The van der Waals surface area contributed by atoms with Gasteiger partial charge in [0.25, 0.3) is 0 Å². The summed E-state index contributed by atoms with van der Waals surface area (Å²) in [5.41, 5.74) is 0.498. The normalized spacial score (nSPS) is 27.8. The van der Waals surface area contributed by atoms with Crippen LogP contribution >= 0.6 is 23.2 Å². The minimum Gasteiger partial charge on any atom is -0.377 e. The van der Waals surface area contributed by atoms with Crippen molar-refractivity contribution in [1.29, 1.82) is 0 Å². The number of ether oxygens (including phenoxy) is 1. The summed E-state index contributed by atoms with van der Waals surface area (Å²) in [5.74, 6) is 0.253. The smallest absolute Gasteiger partial charge is 0.322 e. The molecule has 3 aliphatic heterocycles. The number of anilines is 1. The van der Waals surface area contributed by atoms with Crippen LogP contribution in [-0.4, -0.2) is 104 Å². The van der Waals surface area contributed by atoms with Crippen molar-refractivity contribution in [3.8, 4) is 0 Å². The van der Waals surface area contributed by atoms with Crippen molar-refractivity contribution in [3.05, 3.63) is 28.2 Å². The third kappa shape index (κ3) is 5.57. The standard InChI is InChI=1S/C21H28Cl2N4O5S/c1-14-20(28)27-16(4-5-25-6-8-33(30,31)9-7-25)12-32-13-17(27)11-26(14)21(29)24-15-2-3-18(22)19(23)10-15/h2-3,10,14,16-17H,4-9,11-13H2,1H3,(H,24,29). The Morgan fingerprint density at radius 1 is 1.18 bits per heavy atom. The number of morpholine rings is 1. The van der Waals surface area contributed by atoms with Crippen LogP contribution in [0.5, 0.6) is 0 Å². The molecule has 1 aromatic carbocycles. The van der Waals surface area contributed by atoms with E-state index in [9.17, 15) is 18.0 Å². The predicted octanol–water partition coefficient (Wildman–Crippen LogP) is 1.95. The van der Waals surface area contributed by atoms with Gasteiger partial charge in [0.15, 0.2) is 9.84 Å². The highest BCUT2D eigenvalue weighted by Crippen LogP contribution is 2.28. The number of benzene rings is 1. The van der Waals surface area contributed by atoms with E-state index >= 15 is 0 Å². The third-order valence-electron chi connectivity index (χ3n) is 6.54. The SMILES string of the molecule is CC1C(=O)N2C(CCN3CCS(=O)(=O)CC3)COCC2CN1C(=O)Nc1ccc(Cl)c(Cl)c1. The molecule has 1 aromatic rings. The number of hydrogen-bond donors (Lipinski definition) is 1. The maximum atomic E-state index is 13.3. The van der Waals surface area contributed by atoms with Gasteiger partial charge in [0.1, 0.15) is 6.04 Å². The van der Waals surface area contributed by atoms with Crippen LogP contribution in [0.1, 0.15) is 13.3 Å². The van der Waals surface area contributed by atoms with Crippen LogP contribution in [0.2, 0.25) is 10.0 Å². The van der Waals surface area contributed by atoms with Gasteiger partial charge >= 0.3 is 6.03 Å². The molecule has 3 fully saturated rings. The highest BCUT2D eigenvalue weighted by Gasteiger charge is 2.45. The second kappa shape index (κ2) is 9.95. The molecule has 3 amide bonds. The molecule has 0 aromatic heterocycles. The Labute approximate surface area is 203 Å². The summed E-state index contributed by atoms with van der Waals surface area (Å²) < 4.78 is 29.1. The van der Waals surface area contributed by atoms with Gasteiger partial charge < -0.3 is 24.8 Å². The first kappa shape index (κ1) is 24.5. The number of amides is 3. The van der Waals surface area contributed by atoms with Gasteiger partial charge in [-0.15, -0.1) is 0 Å². The summed E-state index contributed by atoms with van der Waals surface area (Å²) in [6.45, 7) is 4.65. The second-order valence-corrected chi connectivity index (χ2v) is 11.9. The Hall–Kier alpha value is -1.59. The van der Waals surface area contributed by atoms with Crippen LogP contribution < -0.4 is 5.32 Å². The molecule has 3 unspecified atom stereocenters. The fourth-order valence-corrected chi connectivity index (χ4v) is 6.16. The van der Waals surface area contributed by atoms with E-state index in [1.54, 1.807) is 25.1 Å². The third-order valence-corrected chi connectivity index (χ3v) is 8.89. The van der Waals surface area contributed by atoms with Crippen LogP contribution in [-0.2, 0) is 19.4 Å². The van der Waals surface area contributed by atoms with Crippen molar-refractivity contribution in [2.75, 3.05) is 56.2 Å². The summed E-state index contributed by atoms with van der Waals surface area (Å²) in [6.07, 6.45) is 0.699. The van der Waals surface area contributed by atoms with Crippen LogP contribution in [0.25, 0.3) is 0 Å². The Balaban J connectivity index is 1.38. The van der Waals surface area contributed by atoms with E-state index in [-0.39, 0.29) is 35.5 Å². The second-order valence-electron chi connectivity index (χ2n) is 8.76. The summed E-state index contributed by atoms with van der Waals surface area (Å²) >= 11 is 12.0. The van der Waals surface area contributed by atoms with Crippen molar-refractivity contribution in [3.63, 3.8) is 0 Å². The Morgan fingerprint density at radius 3 is 2.61 bits per heavy atom. The minimum atomic E-state index is -2.92. The first-order valence-electron chi connectivity index (χ1n) is 11.0. The summed E-state index contributed by atoms with van der Waals surface area (Å²) in [4.78, 5) is 31.7. The van der Waals surface area contributed by atoms with Gasteiger partial charge in [-0.05, 0) is 31.5 Å². The zero-order chi connectivity index (χ0) is 23.8. The Bertz CT molecular complexity index is 1010. The molecule has 0 saturated carbocycles. The number of nitrogens with zero attached hydrogens (tertiary/aromatic N) is 3. The summed E-state index contributed by atoms with van der Waals surface area (Å²) in [6, 6.07) is 3.49. The number of carbonyl (C=O) groups excluding carboxylic acids is 2. The number of rotatable bonds is 4. The lowest BCUT2D eigenvalue weighted by molar-refractivity contribution is -0.159. The number of halogens is 2. The molecular weight excluding hydrogens is 491 g/mol. The number of urea groups is 1. The molecule has 4 rings (SSSR count). The number of nitrogens with one attached hydrogen (secondary N) is 1. The largest absolute Gasteiger partial charge is 0.377 e. The van der Waals surface area contributed by atoms with Gasteiger partial charge in [0.2, 0.25) is 5.91 Å². The van der Waals surface area contributed by atoms with Crippen molar-refractivity contribution in [2.45, 2.75) is 31.5 Å². The van der Waals surface area contributed by atoms with Crippen molar-refractivity contribution in [2.24, 2.45) is 0 Å². The van der Waals surface area contributed by atoms with Crippen LogP contribution in [0.3, 0.4) is 0 Å². The molecule has 1 N–H and O–H groups in total. The number of carbonyl (C=O) groups is 2. The molecule has 0 bridgehead atoms. The Kier molecular flexibility index (Phi) is 7.40. The van der Waals surface area contributed by atoms with Crippen molar-refractivity contribution >= 4 is 50.7 Å².